The van der Waals surface area contributed by atoms with Crippen LogP contribution in [0.3, 0.4) is 0 Å². The molecule has 1 fully saturated rings. The quantitative estimate of drug-likeness (QED) is 0.293. The smallest absolute Gasteiger partial charge is 0.135 e. The Morgan fingerprint density at radius 3 is 2.42 bits per heavy atom. The Morgan fingerprint density at radius 2 is 1.77 bits per heavy atom. The molecule has 0 radical (unpaired) electrons. The molecule has 10 heteroatoms. The van der Waals surface area contributed by atoms with E-state index in [1.54, 1.807) is 37.8 Å². The van der Waals surface area contributed by atoms with Crippen LogP contribution in [0.4, 0.5) is 13.2 Å². The summed E-state index contributed by atoms with van der Waals surface area (Å²) in [4.78, 5) is 4.71. The minimum atomic E-state index is -1.33. The van der Waals surface area contributed by atoms with Crippen molar-refractivity contribution >= 4 is 21.9 Å². The summed E-state index contributed by atoms with van der Waals surface area (Å²) in [6.45, 7) is 6.01. The molecule has 1 saturated heterocycles. The molecule has 0 bridgehead atoms. The number of aromatic nitrogens is 5. The maximum Gasteiger partial charge on any atom is 0.135 e. The fraction of sp³-hybridized carbons (Fsp3) is 0.367. The highest BCUT2D eigenvalue weighted by Gasteiger charge is 2.33. The number of aryl methyl sites for hydroxylation is 2. The van der Waals surface area contributed by atoms with Crippen molar-refractivity contribution < 1.29 is 23.0 Å². The fourth-order valence-corrected chi connectivity index (χ4v) is 5.99. The van der Waals surface area contributed by atoms with Gasteiger partial charge in [-0.3, -0.25) is 4.98 Å². The number of hydrogen-bond acceptors (Lipinski definition) is 5. The first-order chi connectivity index (χ1) is 19.0. The molecule has 4 heterocycles. The van der Waals surface area contributed by atoms with E-state index in [1.807, 2.05) is 17.6 Å². The minimum absolute atomic E-state index is 0.0925. The second-order valence-electron chi connectivity index (χ2n) is 11.1. The van der Waals surface area contributed by atoms with Crippen LogP contribution in [0.25, 0.3) is 33.2 Å². The van der Waals surface area contributed by atoms with E-state index in [4.69, 9.17) is 9.72 Å². The van der Waals surface area contributed by atoms with Gasteiger partial charge in [-0.1, -0.05) is 11.3 Å². The maximum absolute atomic E-state index is 15.9. The highest BCUT2D eigenvalue weighted by molar-refractivity contribution is 6.07. The van der Waals surface area contributed by atoms with E-state index in [0.29, 0.717) is 59.4 Å². The fourth-order valence-electron chi connectivity index (χ4n) is 5.99. The van der Waals surface area contributed by atoms with Gasteiger partial charge in [0.2, 0.25) is 0 Å². The summed E-state index contributed by atoms with van der Waals surface area (Å²) in [5.41, 5.74) is 2.97. The highest BCUT2D eigenvalue weighted by Crippen LogP contribution is 2.43. The van der Waals surface area contributed by atoms with Gasteiger partial charge in [0, 0.05) is 43.7 Å². The second-order valence-corrected chi connectivity index (χ2v) is 11.1. The van der Waals surface area contributed by atoms with Gasteiger partial charge in [-0.2, -0.15) is 0 Å². The van der Waals surface area contributed by atoms with Crippen molar-refractivity contribution in [3.8, 4) is 11.3 Å². The summed E-state index contributed by atoms with van der Waals surface area (Å²) in [6.07, 6.45) is 2.92. The van der Waals surface area contributed by atoms with Crippen molar-refractivity contribution in [2.24, 2.45) is 13.0 Å². The van der Waals surface area contributed by atoms with Crippen molar-refractivity contribution in [2.45, 2.75) is 45.3 Å². The summed E-state index contributed by atoms with van der Waals surface area (Å²) >= 11 is 0. The van der Waals surface area contributed by atoms with Crippen LogP contribution < -0.4 is 0 Å². The van der Waals surface area contributed by atoms with Gasteiger partial charge >= 0.3 is 0 Å². The lowest BCUT2D eigenvalue weighted by Gasteiger charge is -2.33. The van der Waals surface area contributed by atoms with Gasteiger partial charge in [-0.25, -0.2) is 17.9 Å². The number of benzene rings is 2. The van der Waals surface area contributed by atoms with Crippen LogP contribution in [0.2, 0.25) is 0 Å². The molecular formula is C30H30F3N5O2. The molecule has 2 aromatic carbocycles. The van der Waals surface area contributed by atoms with Crippen LogP contribution in [0, 0.1) is 30.3 Å². The monoisotopic (exact) mass is 549 g/mol. The molecule has 1 unspecified atom stereocenters. The van der Waals surface area contributed by atoms with Crippen molar-refractivity contribution in [1.82, 2.24) is 24.5 Å². The van der Waals surface area contributed by atoms with Crippen LogP contribution >= 0.6 is 0 Å². The molecule has 5 aromatic rings. The number of hydrogen-bond donors (Lipinski definition) is 1. The van der Waals surface area contributed by atoms with Gasteiger partial charge in [-0.15, -0.1) is 5.10 Å². The molecule has 0 saturated carbocycles. The summed E-state index contributed by atoms with van der Waals surface area (Å²) in [5, 5.41) is 19.4. The van der Waals surface area contributed by atoms with Crippen LogP contribution in [-0.2, 0) is 17.4 Å². The van der Waals surface area contributed by atoms with E-state index < -0.39 is 29.1 Å². The first-order valence-corrected chi connectivity index (χ1v) is 13.3. The number of aliphatic hydroxyl groups is 1. The SMILES string of the molecule is Cc1nnn(C)c1-c1cnc2c3c(F)cc(C(C)(C)O)cc3n(C(c3ccc(F)cc3F)C3CCOCC3)c2c1. The third-order valence-corrected chi connectivity index (χ3v) is 7.94. The topological polar surface area (TPSA) is 78.0 Å². The molecule has 1 aliphatic rings. The normalized spacial score (nSPS) is 15.8. The average molecular weight is 550 g/mol. The summed E-state index contributed by atoms with van der Waals surface area (Å²) in [7, 11) is 1.78. The average Bonchev–Trinajstić information content (AvgIpc) is 3.41. The van der Waals surface area contributed by atoms with Crippen molar-refractivity contribution in [2.75, 3.05) is 13.2 Å². The van der Waals surface area contributed by atoms with E-state index >= 15 is 8.78 Å². The molecule has 208 valence electrons. The Hall–Kier alpha value is -3.76. The maximum atomic E-state index is 15.9. The highest BCUT2D eigenvalue weighted by atomic mass is 19.1. The number of nitrogens with zero attached hydrogens (tertiary/aromatic N) is 5. The Labute approximate surface area is 229 Å². The van der Waals surface area contributed by atoms with Crippen molar-refractivity contribution in [3.05, 3.63) is 76.9 Å². The number of halogens is 3. The first-order valence-electron chi connectivity index (χ1n) is 13.3. The Balaban J connectivity index is 1.74. The third kappa shape index (κ3) is 4.35. The molecular weight excluding hydrogens is 519 g/mol. The lowest BCUT2D eigenvalue weighted by molar-refractivity contribution is 0.0548. The van der Waals surface area contributed by atoms with E-state index in [0.717, 1.165) is 17.3 Å². The third-order valence-electron chi connectivity index (χ3n) is 7.94. The molecule has 0 aliphatic carbocycles. The standard InChI is InChI=1S/C30H30F3N5O2/c1-16-28(37(4)36-35-16)18-11-25-27(34-15-18)26-23(33)12-19(30(2,3)39)13-24(26)38(25)29(17-7-9-40-10-8-17)21-6-5-20(31)14-22(21)32/h5-6,11-15,17,29,39H,7-10H2,1-4H3. The van der Waals surface area contributed by atoms with Gasteiger partial charge in [0.15, 0.2) is 0 Å². The summed E-state index contributed by atoms with van der Waals surface area (Å²) in [6, 6.07) is 7.92. The van der Waals surface area contributed by atoms with Crippen LogP contribution in [0.1, 0.15) is 49.6 Å². The Kier molecular flexibility index (Phi) is 6.42. The van der Waals surface area contributed by atoms with Crippen LogP contribution in [0.15, 0.2) is 42.6 Å². The van der Waals surface area contributed by atoms with E-state index in [-0.39, 0.29) is 11.3 Å². The Morgan fingerprint density at radius 1 is 1.02 bits per heavy atom. The van der Waals surface area contributed by atoms with E-state index in [1.165, 1.54) is 18.2 Å². The van der Waals surface area contributed by atoms with Crippen molar-refractivity contribution in [1.29, 1.82) is 0 Å². The predicted octanol–water partition coefficient (Wildman–Crippen LogP) is 5.95. The predicted molar refractivity (Wildman–Crippen MR) is 145 cm³/mol. The van der Waals surface area contributed by atoms with Gasteiger partial charge in [0.05, 0.1) is 45.0 Å². The van der Waals surface area contributed by atoms with Gasteiger partial charge in [-0.05, 0) is 69.4 Å². The zero-order chi connectivity index (χ0) is 28.3. The molecule has 40 heavy (non-hydrogen) atoms. The number of ether oxygens (including phenoxy) is 1. The largest absolute Gasteiger partial charge is 0.386 e. The number of pyridine rings is 1. The van der Waals surface area contributed by atoms with E-state index in [9.17, 15) is 9.50 Å². The minimum Gasteiger partial charge on any atom is -0.386 e. The molecule has 1 aliphatic heterocycles. The molecule has 0 amide bonds. The molecule has 6 rings (SSSR count). The van der Waals surface area contributed by atoms with Gasteiger partial charge < -0.3 is 14.4 Å². The second kappa shape index (κ2) is 9.71. The van der Waals surface area contributed by atoms with Crippen LogP contribution in [0.5, 0.6) is 0 Å². The molecule has 0 spiro atoms. The molecule has 1 atom stereocenters. The Bertz CT molecular complexity index is 1730. The number of fused-ring (bicyclic) bond motifs is 3. The van der Waals surface area contributed by atoms with Gasteiger partial charge in [0.25, 0.3) is 0 Å². The lowest BCUT2D eigenvalue weighted by atomic mass is 9.86. The summed E-state index contributed by atoms with van der Waals surface area (Å²) < 4.78 is 54.7. The van der Waals surface area contributed by atoms with Gasteiger partial charge in [0.1, 0.15) is 17.5 Å². The molecule has 7 nitrogen and oxygen atoms in total. The van der Waals surface area contributed by atoms with Crippen LogP contribution in [-0.4, -0.2) is 42.9 Å². The van der Waals surface area contributed by atoms with Crippen molar-refractivity contribution in [3.63, 3.8) is 0 Å². The summed E-state index contributed by atoms with van der Waals surface area (Å²) in [5.74, 6) is -1.98. The lowest BCUT2D eigenvalue weighted by Crippen LogP contribution is -2.27. The number of rotatable bonds is 5. The zero-order valence-corrected chi connectivity index (χ0v) is 22.8. The first kappa shape index (κ1) is 26.5. The molecule has 1 N–H and O–H groups in total. The van der Waals surface area contributed by atoms with E-state index in [2.05, 4.69) is 10.3 Å². The zero-order valence-electron chi connectivity index (χ0n) is 22.8. The molecule has 3 aromatic heterocycles.